The van der Waals surface area contributed by atoms with Gasteiger partial charge in [-0.1, -0.05) is 18.3 Å². The minimum absolute atomic E-state index is 0.886. The molecule has 0 unspecified atom stereocenters. The van der Waals surface area contributed by atoms with E-state index in [9.17, 15) is 0 Å². The fourth-order valence-electron chi connectivity index (χ4n) is 0.936. The van der Waals surface area contributed by atoms with E-state index >= 15 is 0 Å². The van der Waals surface area contributed by atoms with Crippen LogP contribution in [0.25, 0.3) is 0 Å². The van der Waals surface area contributed by atoms with Crippen molar-refractivity contribution < 1.29 is 4.57 Å². The van der Waals surface area contributed by atoms with Crippen molar-refractivity contribution >= 4 is 11.8 Å². The van der Waals surface area contributed by atoms with E-state index < -0.39 is 0 Å². The van der Waals surface area contributed by atoms with Gasteiger partial charge in [0.2, 0.25) is 5.03 Å². The number of allylic oxidation sites excluding steroid dienone is 1. The highest BCUT2D eigenvalue weighted by Gasteiger charge is 2.03. The average molecular weight is 166 g/mol. The van der Waals surface area contributed by atoms with Gasteiger partial charge in [-0.2, -0.15) is 4.57 Å². The van der Waals surface area contributed by atoms with Crippen molar-refractivity contribution in [1.29, 1.82) is 0 Å². The maximum absolute atomic E-state index is 3.70. The molecule has 0 atom stereocenters. The second-order valence-electron chi connectivity index (χ2n) is 2.18. The summed E-state index contributed by atoms with van der Waals surface area (Å²) in [4.78, 5) is 0. The number of hydrogen-bond acceptors (Lipinski definition) is 1. The van der Waals surface area contributed by atoms with Crippen LogP contribution in [0.4, 0.5) is 0 Å². The number of pyridine rings is 1. The van der Waals surface area contributed by atoms with Crippen LogP contribution in [0.1, 0.15) is 0 Å². The molecule has 1 heterocycles. The van der Waals surface area contributed by atoms with Crippen molar-refractivity contribution in [3.05, 3.63) is 37.1 Å². The Balaban J connectivity index is 2.92. The molecule has 2 heteroatoms. The van der Waals surface area contributed by atoms with E-state index in [4.69, 9.17) is 0 Å². The summed E-state index contributed by atoms with van der Waals surface area (Å²) in [6.07, 6.45) is 6.04. The maximum Gasteiger partial charge on any atom is 0.240 e. The lowest BCUT2D eigenvalue weighted by Crippen LogP contribution is -2.34. The van der Waals surface area contributed by atoms with Crippen molar-refractivity contribution in [3.63, 3.8) is 0 Å². The smallest absolute Gasteiger partial charge is 0.189 e. The van der Waals surface area contributed by atoms with Crippen LogP contribution in [0.5, 0.6) is 0 Å². The van der Waals surface area contributed by atoms with Crippen LogP contribution in [-0.4, -0.2) is 6.26 Å². The molecule has 0 aliphatic heterocycles. The second-order valence-corrected chi connectivity index (χ2v) is 3.01. The van der Waals surface area contributed by atoms with E-state index in [1.165, 1.54) is 5.03 Å². The minimum Gasteiger partial charge on any atom is -0.189 e. The summed E-state index contributed by atoms with van der Waals surface area (Å²) in [5, 5.41) is 1.27. The molecule has 0 aliphatic carbocycles. The molecule has 0 N–H and O–H groups in total. The Morgan fingerprint density at radius 1 is 1.64 bits per heavy atom. The largest absolute Gasteiger partial charge is 0.240 e. The van der Waals surface area contributed by atoms with Crippen molar-refractivity contribution in [1.82, 2.24) is 0 Å². The van der Waals surface area contributed by atoms with Gasteiger partial charge in [-0.15, -0.1) is 0 Å². The lowest BCUT2D eigenvalue weighted by Gasteiger charge is -1.96. The van der Waals surface area contributed by atoms with Crippen LogP contribution >= 0.6 is 11.8 Å². The highest BCUT2D eigenvalue weighted by atomic mass is 32.2. The van der Waals surface area contributed by atoms with Gasteiger partial charge in [0.15, 0.2) is 12.7 Å². The van der Waals surface area contributed by atoms with E-state index in [0.717, 1.165) is 6.54 Å². The average Bonchev–Trinajstić information content (AvgIpc) is 2.06. The fourth-order valence-corrected chi connectivity index (χ4v) is 1.52. The van der Waals surface area contributed by atoms with Crippen molar-refractivity contribution in [2.75, 3.05) is 6.26 Å². The topological polar surface area (TPSA) is 3.88 Å². The summed E-state index contributed by atoms with van der Waals surface area (Å²) in [5.41, 5.74) is 0. The van der Waals surface area contributed by atoms with Crippen LogP contribution in [0, 0.1) is 0 Å². The van der Waals surface area contributed by atoms with Crippen LogP contribution in [-0.2, 0) is 6.54 Å². The Hall–Kier alpha value is -0.760. The first-order chi connectivity index (χ1) is 5.38. The Morgan fingerprint density at radius 2 is 2.45 bits per heavy atom. The first kappa shape index (κ1) is 8.34. The second kappa shape index (κ2) is 4.19. The summed E-state index contributed by atoms with van der Waals surface area (Å²) in [6.45, 7) is 4.59. The molecule has 0 aromatic carbocycles. The molecule has 0 radical (unpaired) electrons. The van der Waals surface area contributed by atoms with Crippen LogP contribution < -0.4 is 4.57 Å². The molecule has 0 saturated heterocycles. The van der Waals surface area contributed by atoms with Gasteiger partial charge in [-0.3, -0.25) is 0 Å². The highest BCUT2D eigenvalue weighted by molar-refractivity contribution is 7.98. The van der Waals surface area contributed by atoms with Crippen molar-refractivity contribution in [3.8, 4) is 0 Å². The fraction of sp³-hybridized carbons (Fsp3) is 0.222. The zero-order valence-electron chi connectivity index (χ0n) is 6.66. The lowest BCUT2D eigenvalue weighted by molar-refractivity contribution is -0.723. The molecule has 0 bridgehead atoms. The minimum atomic E-state index is 0.886. The SMILES string of the molecule is C=CC[n+]1ccccc1SC. The summed E-state index contributed by atoms with van der Waals surface area (Å²) in [7, 11) is 0. The lowest BCUT2D eigenvalue weighted by atomic mass is 10.5. The Bertz CT molecular complexity index is 245. The molecule has 0 amide bonds. The number of nitrogens with zero attached hydrogens (tertiary/aromatic N) is 1. The monoisotopic (exact) mass is 166 g/mol. The highest BCUT2D eigenvalue weighted by Crippen LogP contribution is 2.06. The summed E-state index contributed by atoms with van der Waals surface area (Å²) in [5.74, 6) is 0. The molecule has 1 rings (SSSR count). The third-order valence-electron chi connectivity index (χ3n) is 1.43. The maximum atomic E-state index is 3.70. The predicted octanol–water partition coefficient (Wildman–Crippen LogP) is 1.88. The van der Waals surface area contributed by atoms with Gasteiger partial charge in [-0.25, -0.2) is 0 Å². The molecule has 0 spiro atoms. The van der Waals surface area contributed by atoms with Gasteiger partial charge in [0.25, 0.3) is 0 Å². The zero-order chi connectivity index (χ0) is 8.10. The molecule has 0 aliphatic rings. The Morgan fingerprint density at radius 3 is 3.09 bits per heavy atom. The van der Waals surface area contributed by atoms with Crippen LogP contribution in [0.3, 0.4) is 0 Å². The standard InChI is InChI=1S/C9H12NS/c1-3-7-10-8-5-4-6-9(10)11-2/h3-6,8H,1,7H2,2H3/q+1. The number of rotatable bonds is 3. The third kappa shape index (κ3) is 2.09. The van der Waals surface area contributed by atoms with E-state index in [1.54, 1.807) is 11.8 Å². The quantitative estimate of drug-likeness (QED) is 0.377. The molecule has 1 nitrogen and oxygen atoms in total. The van der Waals surface area contributed by atoms with Gasteiger partial charge >= 0.3 is 0 Å². The molecule has 11 heavy (non-hydrogen) atoms. The molecule has 0 saturated carbocycles. The van der Waals surface area contributed by atoms with Gasteiger partial charge in [-0.05, 0) is 18.4 Å². The van der Waals surface area contributed by atoms with Crippen LogP contribution in [0.15, 0.2) is 42.1 Å². The van der Waals surface area contributed by atoms with Crippen molar-refractivity contribution in [2.45, 2.75) is 11.6 Å². The predicted molar refractivity (Wildman–Crippen MR) is 48.6 cm³/mol. The summed E-state index contributed by atoms with van der Waals surface area (Å²) in [6, 6.07) is 6.18. The summed E-state index contributed by atoms with van der Waals surface area (Å²) < 4.78 is 2.16. The molecule has 0 fully saturated rings. The molecule has 58 valence electrons. The van der Waals surface area contributed by atoms with Gasteiger partial charge in [0, 0.05) is 12.1 Å². The molecular formula is C9H12NS+. The number of hydrogen-bond donors (Lipinski definition) is 0. The van der Waals surface area contributed by atoms with E-state index in [0.29, 0.717) is 0 Å². The Labute approximate surface area is 71.8 Å². The zero-order valence-corrected chi connectivity index (χ0v) is 7.47. The third-order valence-corrected chi connectivity index (χ3v) is 2.22. The Kier molecular flexibility index (Phi) is 3.17. The van der Waals surface area contributed by atoms with E-state index in [-0.39, 0.29) is 0 Å². The summed E-state index contributed by atoms with van der Waals surface area (Å²) >= 11 is 1.75. The molecule has 1 aromatic rings. The van der Waals surface area contributed by atoms with Crippen molar-refractivity contribution in [2.24, 2.45) is 0 Å². The van der Waals surface area contributed by atoms with Crippen LogP contribution in [0.2, 0.25) is 0 Å². The van der Waals surface area contributed by atoms with Gasteiger partial charge < -0.3 is 0 Å². The van der Waals surface area contributed by atoms with Gasteiger partial charge in [0.05, 0.1) is 0 Å². The normalized spacial score (nSPS) is 9.55. The number of aromatic nitrogens is 1. The number of thioether (sulfide) groups is 1. The van der Waals surface area contributed by atoms with E-state index in [1.807, 2.05) is 18.2 Å². The molecule has 1 aromatic heterocycles. The van der Waals surface area contributed by atoms with E-state index in [2.05, 4.69) is 29.7 Å². The van der Waals surface area contributed by atoms with Gasteiger partial charge in [0.1, 0.15) is 0 Å². The first-order valence-corrected chi connectivity index (χ1v) is 4.74. The first-order valence-electron chi connectivity index (χ1n) is 3.52. The molecular weight excluding hydrogens is 154 g/mol.